The van der Waals surface area contributed by atoms with E-state index in [0.717, 1.165) is 0 Å². The predicted molar refractivity (Wildman–Crippen MR) is 54.3 cm³/mol. The van der Waals surface area contributed by atoms with Crippen molar-refractivity contribution in [2.45, 2.75) is 18.4 Å². The maximum Gasteiger partial charge on any atom is 0.353 e. The fourth-order valence-electron chi connectivity index (χ4n) is 1.90. The first kappa shape index (κ1) is 11.1. The molecule has 0 aliphatic carbocycles. The first-order valence-electron chi connectivity index (χ1n) is 5.10. The van der Waals surface area contributed by atoms with Gasteiger partial charge in [-0.05, 0) is 0 Å². The number of imidazole rings is 1. The lowest BCUT2D eigenvalue weighted by molar-refractivity contribution is -0.0995. The number of hydrogen-bond acceptors (Lipinski definition) is 4. The first-order chi connectivity index (χ1) is 7.68. The highest BCUT2D eigenvalue weighted by Crippen LogP contribution is 2.33. The molecule has 1 fully saturated rings. The van der Waals surface area contributed by atoms with E-state index in [1.54, 1.807) is 7.11 Å². The highest BCUT2D eigenvalue weighted by Gasteiger charge is 2.37. The number of methoxy groups -OCH3 is 1. The normalized spacial score (nSPS) is 19.6. The minimum atomic E-state index is -1.02. The Morgan fingerprint density at radius 2 is 2.31 bits per heavy atom. The lowest BCUT2D eigenvalue weighted by Gasteiger charge is -2.33. The zero-order valence-corrected chi connectivity index (χ0v) is 9.02. The van der Waals surface area contributed by atoms with Crippen LogP contribution in [-0.4, -0.2) is 41.4 Å². The Hall–Kier alpha value is -1.40. The van der Waals surface area contributed by atoms with E-state index in [1.807, 2.05) is 0 Å². The molecule has 0 spiro atoms. The molecule has 0 aromatic carbocycles. The molecular weight excluding hydrogens is 212 g/mol. The number of ether oxygens (including phenoxy) is 2. The van der Waals surface area contributed by atoms with E-state index in [9.17, 15) is 4.79 Å². The summed E-state index contributed by atoms with van der Waals surface area (Å²) < 4.78 is 10.8. The van der Waals surface area contributed by atoms with Crippen LogP contribution in [0.5, 0.6) is 0 Å². The van der Waals surface area contributed by atoms with Crippen molar-refractivity contribution in [2.75, 3.05) is 20.3 Å². The average Bonchev–Trinajstić information content (AvgIpc) is 2.80. The third-order valence-corrected chi connectivity index (χ3v) is 2.93. The van der Waals surface area contributed by atoms with Gasteiger partial charge in [-0.15, -0.1) is 0 Å². The summed E-state index contributed by atoms with van der Waals surface area (Å²) in [6.07, 6.45) is 2.67. The maximum atomic E-state index is 10.8. The van der Waals surface area contributed by atoms with Crippen LogP contribution in [0, 0.1) is 0 Å². The quantitative estimate of drug-likeness (QED) is 0.794. The molecule has 88 valence electrons. The topological polar surface area (TPSA) is 84.4 Å². The highest BCUT2D eigenvalue weighted by atomic mass is 16.5. The largest absolute Gasteiger partial charge is 0.477 e. The van der Waals surface area contributed by atoms with Crippen LogP contribution in [0.2, 0.25) is 0 Å². The van der Waals surface area contributed by atoms with Gasteiger partial charge < -0.3 is 19.6 Å². The molecule has 6 nitrogen and oxygen atoms in total. The van der Waals surface area contributed by atoms with Gasteiger partial charge in [0.05, 0.1) is 6.20 Å². The minimum Gasteiger partial charge on any atom is -0.477 e. The van der Waals surface area contributed by atoms with Crippen LogP contribution in [0.15, 0.2) is 6.20 Å². The monoisotopic (exact) mass is 226 g/mol. The van der Waals surface area contributed by atoms with Gasteiger partial charge in [0, 0.05) is 33.2 Å². The number of aromatic amines is 1. The number of nitrogens with zero attached hydrogens (tertiary/aromatic N) is 1. The predicted octanol–water partition coefficient (Wildman–Crippen LogP) is 0.760. The maximum absolute atomic E-state index is 10.8. The van der Waals surface area contributed by atoms with Gasteiger partial charge in [0.2, 0.25) is 0 Å². The second-order valence-electron chi connectivity index (χ2n) is 3.76. The molecular formula is C10H14N2O4. The van der Waals surface area contributed by atoms with E-state index in [0.29, 0.717) is 31.9 Å². The van der Waals surface area contributed by atoms with Gasteiger partial charge in [-0.3, -0.25) is 0 Å². The molecule has 2 N–H and O–H groups in total. The van der Waals surface area contributed by atoms with Crippen molar-refractivity contribution in [1.82, 2.24) is 9.97 Å². The summed E-state index contributed by atoms with van der Waals surface area (Å²) in [5, 5.41) is 8.82. The zero-order valence-electron chi connectivity index (χ0n) is 9.02. The molecule has 2 rings (SSSR count). The number of hydrogen-bond donors (Lipinski definition) is 2. The molecule has 1 aromatic rings. The number of carbonyl (C=O) groups is 1. The second kappa shape index (κ2) is 4.23. The molecule has 16 heavy (non-hydrogen) atoms. The number of carboxylic acid groups (broad SMARTS) is 1. The molecule has 0 radical (unpaired) electrons. The molecule has 1 aliphatic rings. The van der Waals surface area contributed by atoms with Crippen molar-refractivity contribution in [3.8, 4) is 0 Å². The summed E-state index contributed by atoms with van der Waals surface area (Å²) in [5.74, 6) is -0.451. The number of aromatic carboxylic acids is 1. The van der Waals surface area contributed by atoms with Gasteiger partial charge in [-0.25, -0.2) is 9.78 Å². The Balaban J connectivity index is 2.28. The van der Waals surface area contributed by atoms with Gasteiger partial charge in [0.25, 0.3) is 0 Å². The molecule has 6 heteroatoms. The summed E-state index contributed by atoms with van der Waals surface area (Å²) >= 11 is 0. The number of rotatable bonds is 3. The summed E-state index contributed by atoms with van der Waals surface area (Å²) in [6.45, 7) is 1.19. The number of carboxylic acids is 1. The van der Waals surface area contributed by atoms with Gasteiger partial charge >= 0.3 is 5.97 Å². The molecule has 0 bridgehead atoms. The second-order valence-corrected chi connectivity index (χ2v) is 3.76. The Morgan fingerprint density at radius 3 is 2.81 bits per heavy atom. The van der Waals surface area contributed by atoms with Crippen molar-refractivity contribution in [1.29, 1.82) is 0 Å². The molecule has 0 atom stereocenters. The van der Waals surface area contributed by atoms with E-state index >= 15 is 0 Å². The van der Waals surface area contributed by atoms with E-state index < -0.39 is 11.6 Å². The minimum absolute atomic E-state index is 0.0814. The van der Waals surface area contributed by atoms with Crippen LogP contribution in [0.1, 0.15) is 29.2 Å². The number of aromatic nitrogens is 2. The SMILES string of the molecule is COC1(c2ncc(C(=O)O)[nH]2)CCOCC1. The Morgan fingerprint density at radius 1 is 1.62 bits per heavy atom. The zero-order chi connectivity index (χ0) is 11.6. The van der Waals surface area contributed by atoms with Crippen LogP contribution in [0.25, 0.3) is 0 Å². The molecule has 1 saturated heterocycles. The summed E-state index contributed by atoms with van der Waals surface area (Å²) in [7, 11) is 1.61. The van der Waals surface area contributed by atoms with E-state index in [1.165, 1.54) is 6.20 Å². The number of H-pyrrole nitrogens is 1. The molecule has 0 saturated carbocycles. The van der Waals surface area contributed by atoms with E-state index in [2.05, 4.69) is 9.97 Å². The van der Waals surface area contributed by atoms with E-state index in [4.69, 9.17) is 14.6 Å². The van der Waals surface area contributed by atoms with Crippen LogP contribution in [-0.2, 0) is 15.1 Å². The van der Waals surface area contributed by atoms with Crippen LogP contribution in [0.3, 0.4) is 0 Å². The lowest BCUT2D eigenvalue weighted by atomic mass is 9.93. The third-order valence-electron chi connectivity index (χ3n) is 2.93. The first-order valence-corrected chi connectivity index (χ1v) is 5.10. The van der Waals surface area contributed by atoms with Crippen molar-refractivity contribution in [2.24, 2.45) is 0 Å². The van der Waals surface area contributed by atoms with E-state index in [-0.39, 0.29) is 5.69 Å². The fraction of sp³-hybridized carbons (Fsp3) is 0.600. The molecule has 1 aliphatic heterocycles. The Labute approximate surface area is 92.6 Å². The van der Waals surface area contributed by atoms with Gasteiger partial charge in [-0.1, -0.05) is 0 Å². The van der Waals surface area contributed by atoms with Gasteiger partial charge in [-0.2, -0.15) is 0 Å². The lowest BCUT2D eigenvalue weighted by Crippen LogP contribution is -2.36. The van der Waals surface area contributed by atoms with Gasteiger partial charge in [0.1, 0.15) is 17.1 Å². The Bertz CT molecular complexity index is 382. The summed E-state index contributed by atoms with van der Waals surface area (Å²) in [5.41, 5.74) is -0.454. The van der Waals surface area contributed by atoms with Crippen molar-refractivity contribution < 1.29 is 19.4 Å². The highest BCUT2D eigenvalue weighted by molar-refractivity contribution is 5.85. The van der Waals surface area contributed by atoms with Gasteiger partial charge in [0.15, 0.2) is 0 Å². The van der Waals surface area contributed by atoms with Crippen molar-refractivity contribution >= 4 is 5.97 Å². The van der Waals surface area contributed by atoms with Crippen molar-refractivity contribution in [3.05, 3.63) is 17.7 Å². The molecule has 0 amide bonds. The standard InChI is InChI=1S/C10H14N2O4/c1-15-10(2-4-16-5-3-10)9-11-6-7(12-9)8(13)14/h6H,2-5H2,1H3,(H,11,12)(H,13,14). The Kier molecular flexibility index (Phi) is 2.93. The smallest absolute Gasteiger partial charge is 0.353 e. The van der Waals surface area contributed by atoms with Crippen molar-refractivity contribution in [3.63, 3.8) is 0 Å². The van der Waals surface area contributed by atoms with Crippen LogP contribution >= 0.6 is 0 Å². The summed E-state index contributed by atoms with van der Waals surface area (Å²) in [4.78, 5) is 17.6. The summed E-state index contributed by atoms with van der Waals surface area (Å²) in [6, 6.07) is 0. The molecule has 2 heterocycles. The molecule has 1 aromatic heterocycles. The third kappa shape index (κ3) is 1.81. The average molecular weight is 226 g/mol. The van der Waals surface area contributed by atoms with Crippen LogP contribution in [0.4, 0.5) is 0 Å². The fourth-order valence-corrected chi connectivity index (χ4v) is 1.90. The van der Waals surface area contributed by atoms with Crippen LogP contribution < -0.4 is 0 Å². The number of nitrogens with one attached hydrogen (secondary N) is 1. The molecule has 0 unspecified atom stereocenters.